The van der Waals surface area contributed by atoms with Crippen LogP contribution in [0, 0.1) is 17.8 Å². The van der Waals surface area contributed by atoms with Gasteiger partial charge in [0.05, 0.1) is 0 Å². The average Bonchev–Trinajstić information content (AvgIpc) is 2.69. The minimum Gasteiger partial charge on any atom is -0.388 e. The van der Waals surface area contributed by atoms with Crippen molar-refractivity contribution in [3.8, 4) is 0 Å². The van der Waals surface area contributed by atoms with Gasteiger partial charge in [0, 0.05) is 12.8 Å². The first kappa shape index (κ1) is 14.9. The fourth-order valence-corrected chi connectivity index (χ4v) is 4.31. The first-order valence-corrected chi connectivity index (χ1v) is 8.20. The number of hydrogen-bond acceptors (Lipinski definition) is 4. The molecule has 1 aliphatic rings. The van der Waals surface area contributed by atoms with Crippen molar-refractivity contribution in [2.75, 3.05) is 5.75 Å². The second-order valence-electron chi connectivity index (χ2n) is 6.04. The zero-order valence-corrected chi connectivity index (χ0v) is 13.0. The van der Waals surface area contributed by atoms with E-state index in [1.165, 1.54) is 25.7 Å². The van der Waals surface area contributed by atoms with Crippen molar-refractivity contribution in [3.63, 3.8) is 0 Å². The van der Waals surface area contributed by atoms with E-state index < -0.39 is 0 Å². The molecule has 2 atom stereocenters. The summed E-state index contributed by atoms with van der Waals surface area (Å²) in [7, 11) is 1.92. The zero-order chi connectivity index (χ0) is 13.8. The molecule has 1 fully saturated rings. The van der Waals surface area contributed by atoms with Crippen LogP contribution in [0.15, 0.2) is 5.16 Å². The normalized spacial score (nSPS) is 27.7. The van der Waals surface area contributed by atoms with E-state index in [-0.39, 0.29) is 6.61 Å². The molecule has 1 aromatic rings. The smallest absolute Gasteiger partial charge is 0.191 e. The minimum atomic E-state index is -0.0400. The van der Waals surface area contributed by atoms with E-state index in [9.17, 15) is 0 Å². The summed E-state index contributed by atoms with van der Waals surface area (Å²) in [5.74, 6) is 4.38. The molecule has 0 radical (unpaired) electrons. The molecule has 0 amide bonds. The summed E-state index contributed by atoms with van der Waals surface area (Å²) in [5.41, 5.74) is 0. The fourth-order valence-electron chi connectivity index (χ4n) is 3.27. The van der Waals surface area contributed by atoms with Crippen LogP contribution < -0.4 is 0 Å². The number of aliphatic hydroxyl groups is 1. The monoisotopic (exact) mass is 283 g/mol. The van der Waals surface area contributed by atoms with Crippen LogP contribution in [0.5, 0.6) is 0 Å². The molecular weight excluding hydrogens is 258 g/mol. The fraction of sp³-hybridized carbons (Fsp3) is 0.857. The van der Waals surface area contributed by atoms with Gasteiger partial charge in [0.15, 0.2) is 11.0 Å². The predicted molar refractivity (Wildman–Crippen MR) is 77.9 cm³/mol. The highest BCUT2D eigenvalue weighted by Gasteiger charge is 2.23. The second-order valence-corrected chi connectivity index (χ2v) is 7.10. The van der Waals surface area contributed by atoms with Gasteiger partial charge in [0.2, 0.25) is 0 Å². The van der Waals surface area contributed by atoms with Gasteiger partial charge in [-0.3, -0.25) is 0 Å². The highest BCUT2D eigenvalue weighted by atomic mass is 32.2. The molecule has 1 heterocycles. The molecule has 2 unspecified atom stereocenters. The minimum absolute atomic E-state index is 0.0400. The Labute approximate surface area is 120 Å². The molecule has 19 heavy (non-hydrogen) atoms. The van der Waals surface area contributed by atoms with Crippen molar-refractivity contribution in [1.29, 1.82) is 0 Å². The number of thioether (sulfide) groups is 1. The van der Waals surface area contributed by atoms with E-state index in [1.807, 2.05) is 11.6 Å². The molecule has 0 aliphatic heterocycles. The highest BCUT2D eigenvalue weighted by molar-refractivity contribution is 7.99. The Hall–Kier alpha value is -0.550. The van der Waals surface area contributed by atoms with Crippen LogP contribution in [0.2, 0.25) is 0 Å². The summed E-state index contributed by atoms with van der Waals surface area (Å²) < 4.78 is 1.89. The standard InChI is InChI=1S/C14H25N3OS/c1-10-6-11(2)8-12(7-10)4-5-19-14-16-15-13(9-18)17(14)3/h10-12,18H,4-9H2,1-3H3. The number of nitrogens with zero attached hydrogens (tertiary/aromatic N) is 3. The third kappa shape index (κ3) is 3.96. The van der Waals surface area contributed by atoms with E-state index >= 15 is 0 Å². The lowest BCUT2D eigenvalue weighted by molar-refractivity contribution is 0.216. The molecular formula is C14H25N3OS. The molecule has 5 heteroatoms. The molecule has 2 rings (SSSR count). The summed E-state index contributed by atoms with van der Waals surface area (Å²) >= 11 is 1.76. The van der Waals surface area contributed by atoms with Crippen LogP contribution in [0.25, 0.3) is 0 Å². The first-order valence-electron chi connectivity index (χ1n) is 7.22. The van der Waals surface area contributed by atoms with E-state index in [1.54, 1.807) is 11.8 Å². The SMILES string of the molecule is CC1CC(C)CC(CCSc2nnc(CO)n2C)C1. The maximum Gasteiger partial charge on any atom is 0.191 e. The van der Waals surface area contributed by atoms with E-state index in [0.29, 0.717) is 5.82 Å². The van der Waals surface area contributed by atoms with Gasteiger partial charge < -0.3 is 9.67 Å². The summed E-state index contributed by atoms with van der Waals surface area (Å²) in [5, 5.41) is 18.1. The van der Waals surface area contributed by atoms with E-state index in [4.69, 9.17) is 5.11 Å². The number of aliphatic hydroxyl groups excluding tert-OH is 1. The summed E-state index contributed by atoms with van der Waals surface area (Å²) in [4.78, 5) is 0. The first-order chi connectivity index (χ1) is 9.10. The van der Waals surface area contributed by atoms with Crippen molar-refractivity contribution in [2.45, 2.75) is 51.3 Å². The van der Waals surface area contributed by atoms with Crippen LogP contribution >= 0.6 is 11.8 Å². The number of hydrogen-bond donors (Lipinski definition) is 1. The lowest BCUT2D eigenvalue weighted by atomic mass is 9.76. The molecule has 1 aliphatic carbocycles. The lowest BCUT2D eigenvalue weighted by Crippen LogP contribution is -2.20. The topological polar surface area (TPSA) is 50.9 Å². The molecule has 4 nitrogen and oxygen atoms in total. The van der Waals surface area contributed by atoms with Crippen LogP contribution in [-0.2, 0) is 13.7 Å². The molecule has 1 N–H and O–H groups in total. The maximum atomic E-state index is 9.09. The zero-order valence-electron chi connectivity index (χ0n) is 12.2. The summed E-state index contributed by atoms with van der Waals surface area (Å²) in [6, 6.07) is 0. The second kappa shape index (κ2) is 6.75. The molecule has 1 saturated carbocycles. The Balaban J connectivity index is 1.78. The van der Waals surface area contributed by atoms with Crippen molar-refractivity contribution >= 4 is 11.8 Å². The quantitative estimate of drug-likeness (QED) is 0.844. The highest BCUT2D eigenvalue weighted by Crippen LogP contribution is 2.35. The van der Waals surface area contributed by atoms with Gasteiger partial charge in [-0.2, -0.15) is 0 Å². The Kier molecular flexibility index (Phi) is 5.28. The Morgan fingerprint density at radius 2 is 1.89 bits per heavy atom. The van der Waals surface area contributed by atoms with Gasteiger partial charge in [0.25, 0.3) is 0 Å². The molecule has 1 aromatic heterocycles. The number of aromatic nitrogens is 3. The third-order valence-corrected chi connectivity index (χ3v) is 5.15. The molecule has 0 spiro atoms. The summed E-state index contributed by atoms with van der Waals surface area (Å²) in [6.07, 6.45) is 5.42. The number of rotatable bonds is 5. The van der Waals surface area contributed by atoms with Crippen molar-refractivity contribution in [3.05, 3.63) is 5.82 Å². The molecule has 0 aromatic carbocycles. The summed E-state index contributed by atoms with van der Waals surface area (Å²) in [6.45, 7) is 4.72. The van der Waals surface area contributed by atoms with Crippen LogP contribution in [0.3, 0.4) is 0 Å². The maximum absolute atomic E-state index is 9.09. The Bertz CT molecular complexity index is 397. The van der Waals surface area contributed by atoms with Crippen molar-refractivity contribution in [2.24, 2.45) is 24.8 Å². The average molecular weight is 283 g/mol. The van der Waals surface area contributed by atoms with Gasteiger partial charge in [-0.1, -0.05) is 25.6 Å². The lowest BCUT2D eigenvalue weighted by Gasteiger charge is -2.31. The van der Waals surface area contributed by atoms with Gasteiger partial charge in [-0.15, -0.1) is 10.2 Å². The molecule has 108 valence electrons. The van der Waals surface area contributed by atoms with Gasteiger partial charge in [-0.05, 0) is 43.4 Å². The van der Waals surface area contributed by atoms with Crippen molar-refractivity contribution < 1.29 is 5.11 Å². The van der Waals surface area contributed by atoms with Crippen LogP contribution in [-0.4, -0.2) is 25.6 Å². The predicted octanol–water partition coefficient (Wildman–Crippen LogP) is 2.86. The van der Waals surface area contributed by atoms with Gasteiger partial charge >= 0.3 is 0 Å². The van der Waals surface area contributed by atoms with Crippen LogP contribution in [0.1, 0.15) is 45.4 Å². The van der Waals surface area contributed by atoms with Gasteiger partial charge in [-0.25, -0.2) is 0 Å². The largest absolute Gasteiger partial charge is 0.388 e. The van der Waals surface area contributed by atoms with E-state index in [0.717, 1.165) is 28.7 Å². The Morgan fingerprint density at radius 1 is 1.21 bits per heavy atom. The molecule has 0 saturated heterocycles. The Morgan fingerprint density at radius 3 is 2.47 bits per heavy atom. The van der Waals surface area contributed by atoms with Crippen molar-refractivity contribution in [1.82, 2.24) is 14.8 Å². The van der Waals surface area contributed by atoms with Gasteiger partial charge in [0.1, 0.15) is 6.61 Å². The molecule has 0 bridgehead atoms. The third-order valence-electron chi connectivity index (χ3n) is 4.10. The van der Waals surface area contributed by atoms with E-state index in [2.05, 4.69) is 24.0 Å². The van der Waals surface area contributed by atoms with Crippen LogP contribution in [0.4, 0.5) is 0 Å².